The van der Waals surface area contributed by atoms with Crippen molar-refractivity contribution >= 4 is 34.3 Å². The molecule has 1 aromatic heterocycles. The molecule has 0 aliphatic rings. The number of amides is 1. The number of anilines is 1. The van der Waals surface area contributed by atoms with Crippen LogP contribution in [0.1, 0.15) is 11.1 Å². The van der Waals surface area contributed by atoms with Gasteiger partial charge in [0.25, 0.3) is 5.56 Å². The third-order valence-corrected chi connectivity index (χ3v) is 5.63. The van der Waals surface area contributed by atoms with Crippen molar-refractivity contribution in [2.24, 2.45) is 0 Å². The van der Waals surface area contributed by atoms with Crippen LogP contribution in [0.2, 0.25) is 0 Å². The van der Waals surface area contributed by atoms with E-state index in [9.17, 15) is 14.0 Å². The molecule has 7 heteroatoms. The molecule has 0 aliphatic carbocycles. The Balaban J connectivity index is 1.71. The number of halogens is 1. The zero-order chi connectivity index (χ0) is 22.0. The number of nitrogens with zero attached hydrogens (tertiary/aromatic N) is 2. The molecule has 4 rings (SSSR count). The first kappa shape index (κ1) is 20.8. The smallest absolute Gasteiger partial charge is 0.266 e. The van der Waals surface area contributed by atoms with Gasteiger partial charge in [-0.1, -0.05) is 42.1 Å². The van der Waals surface area contributed by atoms with Crippen LogP contribution in [0.25, 0.3) is 16.6 Å². The maximum Gasteiger partial charge on any atom is 0.266 e. The quantitative estimate of drug-likeness (QED) is 0.360. The molecular formula is C24H20FN3O2S. The molecule has 0 saturated heterocycles. The van der Waals surface area contributed by atoms with Crippen molar-refractivity contribution < 1.29 is 9.18 Å². The van der Waals surface area contributed by atoms with E-state index < -0.39 is 5.82 Å². The zero-order valence-corrected chi connectivity index (χ0v) is 17.9. The summed E-state index contributed by atoms with van der Waals surface area (Å²) in [5, 5.41) is 3.46. The first-order valence-corrected chi connectivity index (χ1v) is 10.7. The third-order valence-electron chi connectivity index (χ3n) is 4.69. The van der Waals surface area contributed by atoms with Crippen molar-refractivity contribution in [2.75, 3.05) is 11.1 Å². The number of benzene rings is 3. The number of aromatic nitrogens is 2. The van der Waals surface area contributed by atoms with Gasteiger partial charge in [0.2, 0.25) is 5.91 Å². The number of aryl methyl sites for hydroxylation is 2. The fraction of sp³-hybridized carbons (Fsp3) is 0.125. The van der Waals surface area contributed by atoms with E-state index in [1.807, 2.05) is 38.1 Å². The Morgan fingerprint density at radius 2 is 1.71 bits per heavy atom. The summed E-state index contributed by atoms with van der Waals surface area (Å²) in [6.07, 6.45) is 0. The van der Waals surface area contributed by atoms with Gasteiger partial charge in [0.1, 0.15) is 5.82 Å². The number of nitrogens with one attached hydrogen (secondary N) is 1. The lowest BCUT2D eigenvalue weighted by molar-refractivity contribution is -0.113. The number of carbonyl (C=O) groups excluding carboxylic acids is 1. The van der Waals surface area contributed by atoms with Crippen molar-refractivity contribution in [1.82, 2.24) is 9.55 Å². The lowest BCUT2D eigenvalue weighted by Crippen LogP contribution is -2.23. The molecule has 0 radical (unpaired) electrons. The largest absolute Gasteiger partial charge is 0.323 e. The maximum atomic E-state index is 13.8. The molecule has 0 aliphatic heterocycles. The number of thioether (sulfide) groups is 1. The Labute approximate surface area is 182 Å². The lowest BCUT2D eigenvalue weighted by Gasteiger charge is -2.14. The van der Waals surface area contributed by atoms with Crippen LogP contribution in [-0.4, -0.2) is 21.2 Å². The summed E-state index contributed by atoms with van der Waals surface area (Å²) in [4.78, 5) is 30.4. The van der Waals surface area contributed by atoms with E-state index in [2.05, 4.69) is 10.3 Å². The van der Waals surface area contributed by atoms with Gasteiger partial charge in [-0.2, -0.15) is 0 Å². The van der Waals surface area contributed by atoms with Crippen LogP contribution >= 0.6 is 11.8 Å². The van der Waals surface area contributed by atoms with Crippen molar-refractivity contribution in [3.8, 4) is 5.69 Å². The van der Waals surface area contributed by atoms with Gasteiger partial charge in [-0.25, -0.2) is 9.37 Å². The second kappa shape index (κ2) is 8.73. The van der Waals surface area contributed by atoms with E-state index in [-0.39, 0.29) is 22.9 Å². The van der Waals surface area contributed by atoms with Gasteiger partial charge in [0, 0.05) is 0 Å². The van der Waals surface area contributed by atoms with Gasteiger partial charge < -0.3 is 5.32 Å². The van der Waals surface area contributed by atoms with E-state index in [4.69, 9.17) is 0 Å². The third kappa shape index (κ3) is 4.51. The van der Waals surface area contributed by atoms with E-state index >= 15 is 0 Å². The molecule has 5 nitrogen and oxygen atoms in total. The number of rotatable bonds is 5. The molecule has 31 heavy (non-hydrogen) atoms. The highest BCUT2D eigenvalue weighted by atomic mass is 32.2. The van der Waals surface area contributed by atoms with Crippen LogP contribution in [-0.2, 0) is 4.79 Å². The summed E-state index contributed by atoms with van der Waals surface area (Å²) in [6.45, 7) is 3.93. The fourth-order valence-electron chi connectivity index (χ4n) is 3.40. The number of fused-ring (bicyclic) bond motifs is 1. The Morgan fingerprint density at radius 1 is 1.03 bits per heavy atom. The summed E-state index contributed by atoms with van der Waals surface area (Å²) < 4.78 is 15.4. The van der Waals surface area contributed by atoms with Gasteiger partial charge in [-0.15, -0.1) is 0 Å². The van der Waals surface area contributed by atoms with Gasteiger partial charge in [-0.05, 0) is 61.4 Å². The summed E-state index contributed by atoms with van der Waals surface area (Å²) in [7, 11) is 0. The number of hydrogen-bond acceptors (Lipinski definition) is 4. The highest BCUT2D eigenvalue weighted by Gasteiger charge is 2.16. The minimum Gasteiger partial charge on any atom is -0.323 e. The summed E-state index contributed by atoms with van der Waals surface area (Å²) in [6, 6.07) is 19.0. The standard InChI is InChI=1S/C24H20FN3O2S/c1-15-11-16(2)13-17(12-15)28-23(30)18-7-3-5-9-20(18)27-24(28)31-14-22(29)26-21-10-6-4-8-19(21)25/h3-13H,14H2,1-2H3,(H,26,29). The molecule has 3 aromatic carbocycles. The highest BCUT2D eigenvalue weighted by Crippen LogP contribution is 2.23. The molecular weight excluding hydrogens is 413 g/mol. The molecule has 1 amide bonds. The van der Waals surface area contributed by atoms with Gasteiger partial charge >= 0.3 is 0 Å². The number of para-hydroxylation sites is 2. The maximum absolute atomic E-state index is 13.8. The Hall–Kier alpha value is -3.45. The van der Waals surface area contributed by atoms with E-state index in [0.717, 1.165) is 22.9 Å². The van der Waals surface area contributed by atoms with Crippen LogP contribution in [0, 0.1) is 19.7 Å². The average molecular weight is 434 g/mol. The molecule has 4 aromatic rings. The van der Waals surface area contributed by atoms with Crippen LogP contribution in [0.4, 0.5) is 10.1 Å². The molecule has 0 fully saturated rings. The van der Waals surface area contributed by atoms with E-state index in [1.165, 1.54) is 16.7 Å². The zero-order valence-electron chi connectivity index (χ0n) is 17.1. The van der Waals surface area contributed by atoms with Crippen molar-refractivity contribution in [3.63, 3.8) is 0 Å². The summed E-state index contributed by atoms with van der Waals surface area (Å²) in [5.74, 6) is -0.912. The molecule has 1 N–H and O–H groups in total. The molecule has 156 valence electrons. The average Bonchev–Trinajstić information content (AvgIpc) is 2.73. The van der Waals surface area contributed by atoms with Crippen LogP contribution < -0.4 is 10.9 Å². The predicted octanol–water partition coefficient (Wildman–Crippen LogP) is 4.87. The second-order valence-electron chi connectivity index (χ2n) is 7.21. The van der Waals surface area contributed by atoms with Gasteiger partial charge in [0.15, 0.2) is 5.16 Å². The van der Waals surface area contributed by atoms with Crippen LogP contribution in [0.15, 0.2) is 76.7 Å². The second-order valence-corrected chi connectivity index (χ2v) is 8.16. The Morgan fingerprint density at radius 3 is 2.45 bits per heavy atom. The fourth-order valence-corrected chi connectivity index (χ4v) is 4.21. The van der Waals surface area contributed by atoms with Gasteiger partial charge in [-0.3, -0.25) is 14.2 Å². The first-order valence-electron chi connectivity index (χ1n) is 9.70. The number of hydrogen-bond donors (Lipinski definition) is 1. The molecule has 0 saturated carbocycles. The topological polar surface area (TPSA) is 64.0 Å². The number of carbonyl (C=O) groups is 1. The first-order chi connectivity index (χ1) is 14.9. The Kier molecular flexibility index (Phi) is 5.86. The van der Waals surface area contributed by atoms with Crippen LogP contribution in [0.5, 0.6) is 0 Å². The molecule has 0 spiro atoms. The molecule has 0 unspecified atom stereocenters. The van der Waals surface area contributed by atoms with Crippen molar-refractivity contribution in [2.45, 2.75) is 19.0 Å². The SMILES string of the molecule is Cc1cc(C)cc(-n2c(SCC(=O)Nc3ccccc3F)nc3ccccc3c2=O)c1. The van der Waals surface area contributed by atoms with Crippen molar-refractivity contribution in [1.29, 1.82) is 0 Å². The van der Waals surface area contributed by atoms with Crippen molar-refractivity contribution in [3.05, 3.63) is 94.0 Å². The summed E-state index contributed by atoms with van der Waals surface area (Å²) in [5.41, 5.74) is 3.20. The molecule has 0 bridgehead atoms. The minimum atomic E-state index is -0.503. The Bertz CT molecular complexity index is 1330. The van der Waals surface area contributed by atoms with Crippen LogP contribution in [0.3, 0.4) is 0 Å². The molecule has 1 heterocycles. The molecule has 0 atom stereocenters. The predicted molar refractivity (Wildman–Crippen MR) is 123 cm³/mol. The monoisotopic (exact) mass is 433 g/mol. The lowest BCUT2D eigenvalue weighted by atomic mass is 10.1. The van der Waals surface area contributed by atoms with Gasteiger partial charge in [0.05, 0.1) is 28.0 Å². The van der Waals surface area contributed by atoms with E-state index in [0.29, 0.717) is 21.7 Å². The highest BCUT2D eigenvalue weighted by molar-refractivity contribution is 7.99. The summed E-state index contributed by atoms with van der Waals surface area (Å²) >= 11 is 1.13. The minimum absolute atomic E-state index is 0.0239. The normalized spacial score (nSPS) is 10.9. The van der Waals surface area contributed by atoms with E-state index in [1.54, 1.807) is 30.3 Å².